The molecule has 152 valence electrons. The number of amides is 1. The first-order valence-electron chi connectivity index (χ1n) is 7.93. The molecule has 1 aromatic rings. The highest BCUT2D eigenvalue weighted by atomic mass is 32.1. The Morgan fingerprint density at radius 3 is 2.52 bits per heavy atom. The molecule has 0 aliphatic heterocycles. The van der Waals surface area contributed by atoms with Crippen LogP contribution in [0.15, 0.2) is 12.3 Å². The molecule has 27 heavy (non-hydrogen) atoms. The minimum Gasteiger partial charge on any atom is -0.461 e. The zero-order valence-corrected chi connectivity index (χ0v) is 15.5. The summed E-state index contributed by atoms with van der Waals surface area (Å²) in [5.74, 6) is -0.683. The fourth-order valence-electron chi connectivity index (χ4n) is 1.95. The number of anilines is 1. The molecule has 1 amide bonds. The van der Waals surface area contributed by atoms with Crippen LogP contribution in [0.2, 0.25) is 0 Å². The Morgan fingerprint density at radius 1 is 1.26 bits per heavy atom. The highest BCUT2D eigenvalue weighted by molar-refractivity contribution is 7.80. The third kappa shape index (κ3) is 7.83. The van der Waals surface area contributed by atoms with Gasteiger partial charge in [-0.15, -0.1) is 0 Å². The number of nitrogens with one attached hydrogen (secondary N) is 2. The van der Waals surface area contributed by atoms with Crippen molar-refractivity contribution in [3.05, 3.63) is 18.0 Å². The monoisotopic (exact) mass is 411 g/mol. The van der Waals surface area contributed by atoms with E-state index in [1.165, 1.54) is 17.2 Å². The van der Waals surface area contributed by atoms with Crippen LogP contribution < -0.4 is 10.2 Å². The van der Waals surface area contributed by atoms with Crippen LogP contribution >= 0.6 is 12.2 Å². The molecule has 2 N–H and O–H groups in total. The molecule has 8 nitrogen and oxygen atoms in total. The van der Waals surface area contributed by atoms with Crippen LogP contribution in [0.25, 0.3) is 0 Å². The van der Waals surface area contributed by atoms with Gasteiger partial charge in [-0.25, -0.2) is 9.59 Å². The number of esters is 1. The third-order valence-electron chi connectivity index (χ3n) is 2.95. The molecule has 1 heterocycles. The van der Waals surface area contributed by atoms with Gasteiger partial charge >= 0.3 is 18.2 Å². The summed E-state index contributed by atoms with van der Waals surface area (Å²) in [7, 11) is 0. The lowest BCUT2D eigenvalue weighted by molar-refractivity contribution is -0.173. The van der Waals surface area contributed by atoms with Crippen molar-refractivity contribution in [1.82, 2.24) is 10.3 Å². The Morgan fingerprint density at radius 2 is 1.93 bits per heavy atom. The molecule has 1 aromatic heterocycles. The largest absolute Gasteiger partial charge is 0.461 e. The van der Waals surface area contributed by atoms with E-state index >= 15 is 0 Å². The number of halogens is 3. The van der Waals surface area contributed by atoms with E-state index in [2.05, 4.69) is 15.0 Å². The van der Waals surface area contributed by atoms with E-state index in [0.717, 1.165) is 0 Å². The van der Waals surface area contributed by atoms with E-state index in [1.54, 1.807) is 13.8 Å². The zero-order chi connectivity index (χ0) is 20.4. The standard InChI is InChI=1S/C15H20F3N3O5S/c1-3-25-12(22)11-10(5-6-19-11)21(7-8-24-9-15(16,17)18)13(27)20-14(23)26-4-2/h5-6,19H,3-4,7-9H2,1-2H3,(H,20,23,27). The summed E-state index contributed by atoms with van der Waals surface area (Å²) in [5.41, 5.74) is 0.242. The maximum atomic E-state index is 12.2. The molecule has 0 spiro atoms. The van der Waals surface area contributed by atoms with E-state index in [9.17, 15) is 22.8 Å². The van der Waals surface area contributed by atoms with Crippen molar-refractivity contribution in [3.63, 3.8) is 0 Å². The van der Waals surface area contributed by atoms with Crippen LogP contribution in [0.1, 0.15) is 24.3 Å². The number of alkyl halides is 3. The normalized spacial score (nSPS) is 11.0. The highest BCUT2D eigenvalue weighted by Gasteiger charge is 2.28. The minimum absolute atomic E-state index is 0.0284. The second kappa shape index (κ2) is 10.7. The molecule has 12 heteroatoms. The Balaban J connectivity index is 2.94. The van der Waals surface area contributed by atoms with Gasteiger partial charge in [0, 0.05) is 12.7 Å². The average Bonchev–Trinajstić information content (AvgIpc) is 3.03. The summed E-state index contributed by atoms with van der Waals surface area (Å²) in [4.78, 5) is 27.5. The van der Waals surface area contributed by atoms with E-state index in [1.807, 2.05) is 0 Å². The lowest BCUT2D eigenvalue weighted by Gasteiger charge is -2.25. The molecule has 0 bridgehead atoms. The summed E-state index contributed by atoms with van der Waals surface area (Å²) in [5, 5.41) is 2.10. The van der Waals surface area contributed by atoms with Crippen molar-refractivity contribution < 1.29 is 37.0 Å². The number of ether oxygens (including phenoxy) is 3. The number of hydrogen-bond acceptors (Lipinski definition) is 6. The molecule has 0 aliphatic rings. The van der Waals surface area contributed by atoms with Gasteiger partial charge in [-0.1, -0.05) is 0 Å². The molecule has 0 radical (unpaired) electrons. The van der Waals surface area contributed by atoms with Gasteiger partial charge in [0.15, 0.2) is 5.11 Å². The van der Waals surface area contributed by atoms with E-state index < -0.39 is 24.8 Å². The summed E-state index contributed by atoms with van der Waals surface area (Å²) in [6, 6.07) is 1.47. The van der Waals surface area contributed by atoms with Crippen molar-refractivity contribution in [3.8, 4) is 0 Å². The number of nitrogens with zero attached hydrogens (tertiary/aromatic N) is 1. The number of rotatable bonds is 8. The predicted octanol–water partition coefficient (Wildman–Crippen LogP) is 2.61. The maximum Gasteiger partial charge on any atom is 0.413 e. The number of carbonyl (C=O) groups excluding carboxylic acids is 2. The number of aromatic nitrogens is 1. The first-order chi connectivity index (χ1) is 12.7. The highest BCUT2D eigenvalue weighted by Crippen LogP contribution is 2.21. The van der Waals surface area contributed by atoms with Crippen molar-refractivity contribution in [1.29, 1.82) is 0 Å². The predicted molar refractivity (Wildman–Crippen MR) is 93.7 cm³/mol. The van der Waals surface area contributed by atoms with Crippen LogP contribution in [0.5, 0.6) is 0 Å². The first kappa shape index (κ1) is 22.7. The van der Waals surface area contributed by atoms with Crippen LogP contribution in [-0.2, 0) is 14.2 Å². The minimum atomic E-state index is -4.47. The second-order valence-corrected chi connectivity index (χ2v) is 5.32. The average molecular weight is 411 g/mol. The number of thiocarbonyl (C=S) groups is 1. The zero-order valence-electron chi connectivity index (χ0n) is 14.7. The molecule has 0 saturated heterocycles. The fraction of sp³-hybridized carbons (Fsp3) is 0.533. The molecule has 0 fully saturated rings. The molecule has 1 rings (SSSR count). The summed E-state index contributed by atoms with van der Waals surface area (Å²) in [6.07, 6.45) is -3.88. The smallest absolute Gasteiger partial charge is 0.413 e. The van der Waals surface area contributed by atoms with Crippen molar-refractivity contribution >= 4 is 35.1 Å². The molecule has 0 saturated carbocycles. The Bertz CT molecular complexity index is 651. The Kier molecular flexibility index (Phi) is 9.02. The van der Waals surface area contributed by atoms with E-state index in [4.69, 9.17) is 21.7 Å². The maximum absolute atomic E-state index is 12.2. The lowest BCUT2D eigenvalue weighted by atomic mass is 10.3. The van der Waals surface area contributed by atoms with Crippen molar-refractivity contribution in [2.45, 2.75) is 20.0 Å². The van der Waals surface area contributed by atoms with Gasteiger partial charge in [0.1, 0.15) is 12.3 Å². The summed E-state index contributed by atoms with van der Waals surface area (Å²) >= 11 is 5.12. The van der Waals surface area contributed by atoms with Gasteiger partial charge in [-0.2, -0.15) is 13.2 Å². The van der Waals surface area contributed by atoms with Crippen molar-refractivity contribution in [2.24, 2.45) is 0 Å². The van der Waals surface area contributed by atoms with E-state index in [0.29, 0.717) is 0 Å². The SMILES string of the molecule is CCOC(=O)NC(=S)N(CCOCC(F)(F)F)c1cc[nH]c1C(=O)OCC. The molecule has 0 aliphatic carbocycles. The molecular weight excluding hydrogens is 391 g/mol. The Hall–Kier alpha value is -2.34. The van der Waals surface area contributed by atoms with Crippen LogP contribution in [0.4, 0.5) is 23.7 Å². The van der Waals surface area contributed by atoms with E-state index in [-0.39, 0.29) is 42.9 Å². The van der Waals surface area contributed by atoms with Crippen LogP contribution in [0.3, 0.4) is 0 Å². The number of aromatic amines is 1. The molecule has 0 atom stereocenters. The van der Waals surface area contributed by atoms with Gasteiger partial charge in [-0.05, 0) is 32.1 Å². The third-order valence-corrected chi connectivity index (χ3v) is 3.27. The quantitative estimate of drug-likeness (QED) is 0.386. The molecule has 0 unspecified atom stereocenters. The van der Waals surface area contributed by atoms with Gasteiger partial charge < -0.3 is 24.1 Å². The van der Waals surface area contributed by atoms with Gasteiger partial charge in [0.25, 0.3) is 0 Å². The number of alkyl carbamates (subject to hydrolysis) is 1. The van der Waals surface area contributed by atoms with Gasteiger partial charge in [0.2, 0.25) is 0 Å². The number of carbonyl (C=O) groups is 2. The Labute approximate surface area is 158 Å². The first-order valence-corrected chi connectivity index (χ1v) is 8.34. The number of H-pyrrole nitrogens is 1. The van der Waals surface area contributed by atoms with Gasteiger partial charge in [-0.3, -0.25) is 5.32 Å². The fourth-order valence-corrected chi connectivity index (χ4v) is 2.22. The van der Waals surface area contributed by atoms with Gasteiger partial charge in [0.05, 0.1) is 25.5 Å². The van der Waals surface area contributed by atoms with Crippen LogP contribution in [-0.4, -0.2) is 61.3 Å². The lowest BCUT2D eigenvalue weighted by Crippen LogP contribution is -2.45. The van der Waals surface area contributed by atoms with Crippen LogP contribution in [0, 0.1) is 0 Å². The number of hydrogen-bond donors (Lipinski definition) is 2. The summed E-state index contributed by atoms with van der Waals surface area (Å²) < 4.78 is 50.9. The van der Waals surface area contributed by atoms with Crippen molar-refractivity contribution in [2.75, 3.05) is 37.9 Å². The second-order valence-electron chi connectivity index (χ2n) is 4.93. The summed E-state index contributed by atoms with van der Waals surface area (Å²) in [6.45, 7) is 1.48. The topological polar surface area (TPSA) is 92.9 Å². The molecular formula is C15H20F3N3O5S. The molecule has 0 aromatic carbocycles.